The van der Waals surface area contributed by atoms with Crippen molar-refractivity contribution in [2.75, 3.05) is 11.9 Å². The molecule has 0 bridgehead atoms. The fourth-order valence-electron chi connectivity index (χ4n) is 2.41. The van der Waals surface area contributed by atoms with Gasteiger partial charge in [-0.2, -0.15) is 14.6 Å². The first kappa shape index (κ1) is 15.1. The molecule has 0 saturated carbocycles. The molecule has 0 N–H and O–H groups in total. The van der Waals surface area contributed by atoms with E-state index in [1.54, 1.807) is 10.6 Å². The summed E-state index contributed by atoms with van der Waals surface area (Å²) in [6, 6.07) is 7.56. The summed E-state index contributed by atoms with van der Waals surface area (Å²) in [7, 11) is 1.99. The summed E-state index contributed by atoms with van der Waals surface area (Å²) in [5.41, 5.74) is 1.88. The van der Waals surface area contributed by atoms with Crippen molar-refractivity contribution in [1.29, 1.82) is 0 Å². The molecule has 0 aliphatic carbocycles. The molecule has 114 valence electrons. The van der Waals surface area contributed by atoms with E-state index >= 15 is 0 Å². The minimum atomic E-state index is 0.0407. The first-order valence-electron chi connectivity index (χ1n) is 6.82. The van der Waals surface area contributed by atoms with E-state index < -0.39 is 0 Å². The lowest BCUT2D eigenvalue weighted by Crippen LogP contribution is -2.24. The van der Waals surface area contributed by atoms with Gasteiger partial charge in [0.2, 0.25) is 0 Å². The maximum Gasteiger partial charge on any atom is 0.254 e. The standard InChI is InChI=1S/C15H15Cl2N5/c1-9-6-14(22-15(20-9)18-8-19-22)21(3)10(2)12-5-4-11(16)7-13(12)17/h4-8,10H,1-3H3. The molecule has 7 heteroatoms. The highest BCUT2D eigenvalue weighted by molar-refractivity contribution is 6.35. The zero-order valence-electron chi connectivity index (χ0n) is 12.5. The molecule has 0 spiro atoms. The van der Waals surface area contributed by atoms with Gasteiger partial charge in [0.1, 0.15) is 12.1 Å². The number of hydrogen-bond acceptors (Lipinski definition) is 4. The molecule has 1 aromatic carbocycles. The summed E-state index contributed by atoms with van der Waals surface area (Å²) in [6.07, 6.45) is 1.50. The summed E-state index contributed by atoms with van der Waals surface area (Å²) in [5, 5.41) is 5.51. The van der Waals surface area contributed by atoms with Gasteiger partial charge < -0.3 is 4.90 Å². The number of nitrogens with zero attached hydrogens (tertiary/aromatic N) is 5. The van der Waals surface area contributed by atoms with Gasteiger partial charge in [0.05, 0.1) is 6.04 Å². The Kier molecular flexibility index (Phi) is 3.93. The first-order chi connectivity index (χ1) is 10.5. The third kappa shape index (κ3) is 2.62. The lowest BCUT2D eigenvalue weighted by Gasteiger charge is -2.28. The van der Waals surface area contributed by atoms with Crippen molar-refractivity contribution in [3.8, 4) is 0 Å². The Balaban J connectivity index is 2.04. The molecule has 0 aliphatic heterocycles. The maximum absolute atomic E-state index is 6.33. The smallest absolute Gasteiger partial charge is 0.254 e. The summed E-state index contributed by atoms with van der Waals surface area (Å²) in [6.45, 7) is 4.01. The van der Waals surface area contributed by atoms with E-state index in [9.17, 15) is 0 Å². The normalized spacial score (nSPS) is 12.6. The number of hydrogen-bond donors (Lipinski definition) is 0. The summed E-state index contributed by atoms with van der Waals surface area (Å²) in [5.74, 6) is 1.48. The average Bonchev–Trinajstić information content (AvgIpc) is 2.93. The molecule has 2 aromatic heterocycles. The topological polar surface area (TPSA) is 46.3 Å². The van der Waals surface area contributed by atoms with Crippen LogP contribution in [-0.2, 0) is 0 Å². The number of benzene rings is 1. The highest BCUT2D eigenvalue weighted by Crippen LogP contribution is 2.31. The Morgan fingerprint density at radius 3 is 2.73 bits per heavy atom. The van der Waals surface area contributed by atoms with Crippen molar-refractivity contribution < 1.29 is 0 Å². The van der Waals surface area contributed by atoms with Crippen LogP contribution in [0.5, 0.6) is 0 Å². The monoisotopic (exact) mass is 335 g/mol. The van der Waals surface area contributed by atoms with Crippen LogP contribution in [0.25, 0.3) is 5.78 Å². The number of fused-ring (bicyclic) bond motifs is 1. The average molecular weight is 336 g/mol. The van der Waals surface area contributed by atoms with Gasteiger partial charge in [0, 0.05) is 28.9 Å². The van der Waals surface area contributed by atoms with Gasteiger partial charge in [-0.1, -0.05) is 29.3 Å². The van der Waals surface area contributed by atoms with Crippen molar-refractivity contribution in [1.82, 2.24) is 19.6 Å². The molecule has 1 unspecified atom stereocenters. The molecule has 0 radical (unpaired) electrons. The van der Waals surface area contributed by atoms with Crippen molar-refractivity contribution in [3.05, 3.63) is 51.9 Å². The molecular formula is C15H15Cl2N5. The Hall–Kier alpha value is -1.85. The largest absolute Gasteiger partial charge is 0.353 e. The van der Waals surface area contributed by atoms with Gasteiger partial charge in [-0.25, -0.2) is 4.98 Å². The quantitative estimate of drug-likeness (QED) is 0.727. The van der Waals surface area contributed by atoms with E-state index in [1.165, 1.54) is 6.33 Å². The second kappa shape index (κ2) is 5.74. The van der Waals surface area contributed by atoms with Crippen LogP contribution in [0.2, 0.25) is 10.0 Å². The predicted molar refractivity (Wildman–Crippen MR) is 88.8 cm³/mol. The van der Waals surface area contributed by atoms with Crippen molar-refractivity contribution >= 4 is 34.8 Å². The second-order valence-electron chi connectivity index (χ2n) is 5.18. The molecule has 3 rings (SSSR count). The van der Waals surface area contributed by atoms with E-state index in [2.05, 4.69) is 26.9 Å². The zero-order valence-corrected chi connectivity index (χ0v) is 14.0. The van der Waals surface area contributed by atoms with E-state index in [1.807, 2.05) is 32.2 Å². The van der Waals surface area contributed by atoms with Crippen LogP contribution in [0.4, 0.5) is 5.82 Å². The molecule has 3 aromatic rings. The molecular weight excluding hydrogens is 321 g/mol. The summed E-state index contributed by atoms with van der Waals surface area (Å²) < 4.78 is 1.72. The Labute approximate surface area is 138 Å². The van der Waals surface area contributed by atoms with Crippen LogP contribution in [-0.4, -0.2) is 26.6 Å². The zero-order chi connectivity index (χ0) is 15.9. The summed E-state index contributed by atoms with van der Waals surface area (Å²) in [4.78, 5) is 10.6. The van der Waals surface area contributed by atoms with Gasteiger partial charge in [-0.15, -0.1) is 0 Å². The number of aromatic nitrogens is 4. The van der Waals surface area contributed by atoms with E-state index in [4.69, 9.17) is 23.2 Å². The fraction of sp³-hybridized carbons (Fsp3) is 0.267. The van der Waals surface area contributed by atoms with Gasteiger partial charge in [-0.3, -0.25) is 0 Å². The third-order valence-electron chi connectivity index (χ3n) is 3.72. The molecule has 0 fully saturated rings. The van der Waals surface area contributed by atoms with Gasteiger partial charge in [0.25, 0.3) is 5.78 Å². The molecule has 0 aliphatic rings. The Bertz CT molecular complexity index is 830. The number of rotatable bonds is 3. The lowest BCUT2D eigenvalue weighted by molar-refractivity contribution is 0.709. The first-order valence-corrected chi connectivity index (χ1v) is 7.58. The van der Waals surface area contributed by atoms with Crippen LogP contribution in [0, 0.1) is 6.92 Å². The lowest BCUT2D eigenvalue weighted by atomic mass is 10.1. The van der Waals surface area contributed by atoms with Crippen LogP contribution in [0.1, 0.15) is 24.2 Å². The maximum atomic E-state index is 6.33. The fourth-order valence-corrected chi connectivity index (χ4v) is 2.98. The van der Waals surface area contributed by atoms with E-state index in [0.717, 1.165) is 17.1 Å². The molecule has 22 heavy (non-hydrogen) atoms. The van der Waals surface area contributed by atoms with Crippen LogP contribution in [0.15, 0.2) is 30.6 Å². The van der Waals surface area contributed by atoms with Gasteiger partial charge in [-0.05, 0) is 31.5 Å². The van der Waals surface area contributed by atoms with Crippen molar-refractivity contribution in [3.63, 3.8) is 0 Å². The minimum absolute atomic E-state index is 0.0407. The Morgan fingerprint density at radius 2 is 2.00 bits per heavy atom. The van der Waals surface area contributed by atoms with Crippen molar-refractivity contribution in [2.24, 2.45) is 0 Å². The van der Waals surface area contributed by atoms with Crippen LogP contribution < -0.4 is 4.90 Å². The highest BCUT2D eigenvalue weighted by Gasteiger charge is 2.19. The van der Waals surface area contributed by atoms with Crippen LogP contribution >= 0.6 is 23.2 Å². The third-order valence-corrected chi connectivity index (χ3v) is 4.28. The SMILES string of the molecule is Cc1cc(N(C)C(C)c2ccc(Cl)cc2Cl)n2ncnc2n1. The molecule has 5 nitrogen and oxygen atoms in total. The van der Waals surface area contributed by atoms with Gasteiger partial charge >= 0.3 is 0 Å². The molecule has 2 heterocycles. The number of aryl methyl sites for hydroxylation is 1. The van der Waals surface area contributed by atoms with E-state index in [-0.39, 0.29) is 6.04 Å². The van der Waals surface area contributed by atoms with Gasteiger partial charge in [0.15, 0.2) is 0 Å². The van der Waals surface area contributed by atoms with E-state index in [0.29, 0.717) is 15.8 Å². The number of halogens is 2. The highest BCUT2D eigenvalue weighted by atomic mass is 35.5. The van der Waals surface area contributed by atoms with Crippen LogP contribution in [0.3, 0.4) is 0 Å². The summed E-state index contributed by atoms with van der Waals surface area (Å²) >= 11 is 12.3. The molecule has 1 atom stereocenters. The molecule has 0 amide bonds. The molecule has 0 saturated heterocycles. The van der Waals surface area contributed by atoms with Crippen molar-refractivity contribution in [2.45, 2.75) is 19.9 Å². The number of anilines is 1. The predicted octanol–water partition coefficient (Wildman–Crippen LogP) is 3.94. The Morgan fingerprint density at radius 1 is 1.23 bits per heavy atom. The second-order valence-corrected chi connectivity index (χ2v) is 6.02. The minimum Gasteiger partial charge on any atom is -0.353 e.